The zero-order valence-corrected chi connectivity index (χ0v) is 10.2. The van der Waals surface area contributed by atoms with Crippen LogP contribution in [0.25, 0.3) is 5.57 Å². The molecule has 1 aromatic rings. The summed E-state index contributed by atoms with van der Waals surface area (Å²) in [5.74, 6) is 0. The van der Waals surface area contributed by atoms with Gasteiger partial charge in [-0.05, 0) is 30.5 Å². The Morgan fingerprint density at radius 2 is 2.00 bits per heavy atom. The molecule has 1 aliphatic rings. The molecule has 1 nitrogen and oxygen atoms in total. The van der Waals surface area contributed by atoms with E-state index in [9.17, 15) is 0 Å². The van der Waals surface area contributed by atoms with E-state index < -0.39 is 0 Å². The first kappa shape index (κ1) is 11.4. The summed E-state index contributed by atoms with van der Waals surface area (Å²) in [5, 5.41) is 0. The van der Waals surface area contributed by atoms with Crippen LogP contribution in [0.4, 0.5) is 0 Å². The molecule has 0 N–H and O–H groups in total. The average molecular weight is 215 g/mol. The molecule has 0 radical (unpaired) electrons. The third-order valence-corrected chi connectivity index (χ3v) is 3.20. The summed E-state index contributed by atoms with van der Waals surface area (Å²) < 4.78 is 0. The number of unbranched alkanes of at least 4 members (excludes halogenated alkanes) is 1. The molecule has 0 fully saturated rings. The maximum absolute atomic E-state index is 2.58. The van der Waals surface area contributed by atoms with Gasteiger partial charge in [0.25, 0.3) is 0 Å². The molecule has 0 amide bonds. The van der Waals surface area contributed by atoms with Gasteiger partial charge in [-0.3, -0.25) is 4.90 Å². The zero-order chi connectivity index (χ0) is 11.2. The second-order valence-electron chi connectivity index (χ2n) is 4.51. The third-order valence-electron chi connectivity index (χ3n) is 3.20. The van der Waals surface area contributed by atoms with Crippen molar-refractivity contribution in [2.75, 3.05) is 19.6 Å². The standard InChI is InChI=1S/C15H21N/c1-2-3-11-16-12-7-10-15(13-16)14-8-5-4-6-9-14/h4-6,8-10H,2-3,7,11-13H2,1H3. The van der Waals surface area contributed by atoms with Crippen molar-refractivity contribution in [2.24, 2.45) is 0 Å². The second kappa shape index (κ2) is 5.86. The lowest BCUT2D eigenvalue weighted by molar-refractivity contribution is 0.299. The summed E-state index contributed by atoms with van der Waals surface area (Å²) in [5.41, 5.74) is 2.90. The van der Waals surface area contributed by atoms with Crippen molar-refractivity contribution in [2.45, 2.75) is 26.2 Å². The molecule has 0 aromatic heterocycles. The summed E-state index contributed by atoms with van der Waals surface area (Å²) in [6.07, 6.45) is 6.22. The molecule has 1 aromatic carbocycles. The van der Waals surface area contributed by atoms with Gasteiger partial charge >= 0.3 is 0 Å². The van der Waals surface area contributed by atoms with Crippen LogP contribution >= 0.6 is 0 Å². The predicted octanol–water partition coefficient (Wildman–Crippen LogP) is 3.58. The van der Waals surface area contributed by atoms with E-state index in [1.807, 2.05) is 0 Å². The Balaban J connectivity index is 1.99. The lowest BCUT2D eigenvalue weighted by atomic mass is 10.0. The van der Waals surface area contributed by atoms with Crippen molar-refractivity contribution >= 4 is 5.57 Å². The number of hydrogen-bond donors (Lipinski definition) is 0. The Morgan fingerprint density at radius 3 is 2.75 bits per heavy atom. The van der Waals surface area contributed by atoms with E-state index in [0.29, 0.717) is 0 Å². The normalized spacial score (nSPS) is 17.2. The van der Waals surface area contributed by atoms with E-state index in [2.05, 4.69) is 48.2 Å². The Morgan fingerprint density at radius 1 is 1.19 bits per heavy atom. The fraction of sp³-hybridized carbons (Fsp3) is 0.467. The van der Waals surface area contributed by atoms with Gasteiger partial charge in [0.2, 0.25) is 0 Å². The lowest BCUT2D eigenvalue weighted by Gasteiger charge is -2.27. The smallest absolute Gasteiger partial charge is 0.0236 e. The van der Waals surface area contributed by atoms with Gasteiger partial charge < -0.3 is 0 Å². The fourth-order valence-electron chi connectivity index (χ4n) is 2.24. The van der Waals surface area contributed by atoms with Gasteiger partial charge in [-0.2, -0.15) is 0 Å². The highest BCUT2D eigenvalue weighted by atomic mass is 15.1. The predicted molar refractivity (Wildman–Crippen MR) is 70.4 cm³/mol. The van der Waals surface area contributed by atoms with Crippen molar-refractivity contribution in [3.63, 3.8) is 0 Å². The van der Waals surface area contributed by atoms with Crippen molar-refractivity contribution in [3.8, 4) is 0 Å². The van der Waals surface area contributed by atoms with Crippen LogP contribution in [0.15, 0.2) is 36.4 Å². The van der Waals surface area contributed by atoms with Gasteiger partial charge in [-0.1, -0.05) is 49.8 Å². The number of hydrogen-bond acceptors (Lipinski definition) is 1. The fourth-order valence-corrected chi connectivity index (χ4v) is 2.24. The minimum atomic E-state index is 1.13. The molecule has 1 heteroatoms. The van der Waals surface area contributed by atoms with E-state index in [4.69, 9.17) is 0 Å². The summed E-state index contributed by atoms with van der Waals surface area (Å²) >= 11 is 0. The molecule has 1 aliphatic heterocycles. The monoisotopic (exact) mass is 215 g/mol. The Bertz CT molecular complexity index is 340. The van der Waals surface area contributed by atoms with Gasteiger partial charge in [0.05, 0.1) is 0 Å². The molecule has 0 bridgehead atoms. The van der Waals surface area contributed by atoms with Crippen LogP contribution in [0.5, 0.6) is 0 Å². The first-order chi connectivity index (χ1) is 7.90. The molecule has 2 rings (SSSR count). The molecule has 0 atom stereocenters. The van der Waals surface area contributed by atoms with Crippen molar-refractivity contribution in [1.82, 2.24) is 4.90 Å². The number of benzene rings is 1. The average Bonchev–Trinajstić information content (AvgIpc) is 2.38. The third kappa shape index (κ3) is 2.96. The molecular formula is C15H21N. The summed E-state index contributed by atoms with van der Waals surface area (Å²) in [7, 11) is 0. The van der Waals surface area contributed by atoms with Gasteiger partial charge in [0, 0.05) is 13.1 Å². The molecule has 16 heavy (non-hydrogen) atoms. The van der Waals surface area contributed by atoms with Crippen molar-refractivity contribution < 1.29 is 0 Å². The van der Waals surface area contributed by atoms with Crippen LogP contribution in [-0.2, 0) is 0 Å². The maximum atomic E-state index is 2.58. The van der Waals surface area contributed by atoms with Gasteiger partial charge in [0.15, 0.2) is 0 Å². The maximum Gasteiger partial charge on any atom is 0.0236 e. The van der Waals surface area contributed by atoms with E-state index in [-0.39, 0.29) is 0 Å². The molecular weight excluding hydrogens is 194 g/mol. The summed E-state index contributed by atoms with van der Waals surface area (Å²) in [6, 6.07) is 10.8. The van der Waals surface area contributed by atoms with Crippen molar-refractivity contribution in [1.29, 1.82) is 0 Å². The Kier molecular flexibility index (Phi) is 4.17. The SMILES string of the molecule is CCCCN1CCC=C(c2ccccc2)C1. The van der Waals surface area contributed by atoms with E-state index in [1.54, 1.807) is 0 Å². The topological polar surface area (TPSA) is 3.24 Å². The largest absolute Gasteiger partial charge is 0.299 e. The minimum absolute atomic E-state index is 1.13. The molecule has 86 valence electrons. The molecule has 0 aliphatic carbocycles. The van der Waals surface area contributed by atoms with Crippen LogP contribution < -0.4 is 0 Å². The summed E-state index contributed by atoms with van der Waals surface area (Å²) in [4.78, 5) is 2.58. The quantitative estimate of drug-likeness (QED) is 0.742. The molecule has 0 unspecified atom stereocenters. The van der Waals surface area contributed by atoms with Crippen LogP contribution in [0.3, 0.4) is 0 Å². The van der Waals surface area contributed by atoms with Crippen LogP contribution in [0, 0.1) is 0 Å². The van der Waals surface area contributed by atoms with E-state index in [0.717, 1.165) is 6.54 Å². The Hall–Kier alpha value is -1.08. The number of rotatable bonds is 4. The van der Waals surface area contributed by atoms with Gasteiger partial charge in [-0.25, -0.2) is 0 Å². The highest BCUT2D eigenvalue weighted by molar-refractivity contribution is 5.67. The first-order valence-corrected chi connectivity index (χ1v) is 6.37. The van der Waals surface area contributed by atoms with Crippen LogP contribution in [0.2, 0.25) is 0 Å². The van der Waals surface area contributed by atoms with Gasteiger partial charge in [-0.15, -0.1) is 0 Å². The van der Waals surface area contributed by atoms with Crippen LogP contribution in [-0.4, -0.2) is 24.5 Å². The minimum Gasteiger partial charge on any atom is -0.299 e. The van der Waals surface area contributed by atoms with E-state index >= 15 is 0 Å². The highest BCUT2D eigenvalue weighted by Crippen LogP contribution is 2.20. The van der Waals surface area contributed by atoms with Gasteiger partial charge in [0.1, 0.15) is 0 Å². The lowest BCUT2D eigenvalue weighted by Crippen LogP contribution is -2.30. The van der Waals surface area contributed by atoms with Crippen LogP contribution in [0.1, 0.15) is 31.7 Å². The van der Waals surface area contributed by atoms with Crippen molar-refractivity contribution in [3.05, 3.63) is 42.0 Å². The Labute approximate surface area is 98.8 Å². The first-order valence-electron chi connectivity index (χ1n) is 6.37. The molecule has 0 saturated carbocycles. The molecule has 0 saturated heterocycles. The molecule has 0 spiro atoms. The highest BCUT2D eigenvalue weighted by Gasteiger charge is 2.12. The zero-order valence-electron chi connectivity index (χ0n) is 10.2. The molecule has 1 heterocycles. The second-order valence-corrected chi connectivity index (χ2v) is 4.51. The number of nitrogens with zero attached hydrogens (tertiary/aromatic N) is 1. The summed E-state index contributed by atoms with van der Waals surface area (Å²) in [6.45, 7) is 5.87. The van der Waals surface area contributed by atoms with E-state index in [1.165, 1.54) is 43.5 Å².